The molecule has 0 fully saturated rings. The first-order chi connectivity index (χ1) is 10.2. The van der Waals surface area contributed by atoms with Crippen LogP contribution in [-0.4, -0.2) is 21.8 Å². The van der Waals surface area contributed by atoms with Gasteiger partial charge in [0.2, 0.25) is 0 Å². The van der Waals surface area contributed by atoms with Crippen LogP contribution in [0.3, 0.4) is 0 Å². The number of nitrogens with one attached hydrogen (secondary N) is 1. The van der Waals surface area contributed by atoms with E-state index in [2.05, 4.69) is 41.4 Å². The summed E-state index contributed by atoms with van der Waals surface area (Å²) >= 11 is 0. The van der Waals surface area contributed by atoms with Gasteiger partial charge in [0.05, 0.1) is 0 Å². The summed E-state index contributed by atoms with van der Waals surface area (Å²) in [5, 5.41) is 7.60. The van der Waals surface area contributed by atoms with Crippen LogP contribution in [0.2, 0.25) is 0 Å². The van der Waals surface area contributed by atoms with Crippen molar-refractivity contribution >= 4 is 0 Å². The minimum absolute atomic E-state index is 0.293. The van der Waals surface area contributed by atoms with Gasteiger partial charge in [0, 0.05) is 12.1 Å². The maximum absolute atomic E-state index is 6.03. The number of nitrogens with zero attached hydrogens (tertiary/aromatic N) is 3. The summed E-state index contributed by atoms with van der Waals surface area (Å²) in [6.07, 6.45) is 3.79. The van der Waals surface area contributed by atoms with Gasteiger partial charge in [-0.3, -0.25) is 0 Å². The van der Waals surface area contributed by atoms with Crippen LogP contribution in [0.4, 0.5) is 0 Å². The van der Waals surface area contributed by atoms with E-state index in [1.165, 1.54) is 11.1 Å². The molecule has 1 aromatic carbocycles. The van der Waals surface area contributed by atoms with E-state index in [4.69, 9.17) is 4.74 Å². The number of rotatable bonds is 5. The largest absolute Gasteiger partial charge is 0.485 e. The van der Waals surface area contributed by atoms with Gasteiger partial charge < -0.3 is 10.1 Å². The number of ether oxygens (including phenoxy) is 1. The summed E-state index contributed by atoms with van der Waals surface area (Å²) in [7, 11) is 2.01. The summed E-state index contributed by atoms with van der Waals surface area (Å²) in [5.74, 6) is 1.84. The van der Waals surface area contributed by atoms with Crippen molar-refractivity contribution in [1.82, 2.24) is 20.1 Å². The molecular formula is C16H22N4O. The Bertz CT molecular complexity index is 620. The molecule has 1 unspecified atom stereocenters. The average Bonchev–Trinajstić information content (AvgIpc) is 3.11. The van der Waals surface area contributed by atoms with Crippen LogP contribution in [0.1, 0.15) is 49.3 Å². The second-order valence-electron chi connectivity index (χ2n) is 5.71. The van der Waals surface area contributed by atoms with Crippen LogP contribution in [0.5, 0.6) is 5.75 Å². The quantitative estimate of drug-likeness (QED) is 0.918. The lowest BCUT2D eigenvalue weighted by atomic mass is 10.1. The van der Waals surface area contributed by atoms with Crippen molar-refractivity contribution in [3.8, 4) is 5.75 Å². The zero-order chi connectivity index (χ0) is 14.8. The smallest absolute Gasteiger partial charge is 0.165 e. The van der Waals surface area contributed by atoms with Gasteiger partial charge in [0.15, 0.2) is 5.82 Å². The first-order valence-electron chi connectivity index (χ1n) is 7.51. The number of aromatic nitrogens is 3. The molecule has 112 valence electrons. The molecule has 0 amide bonds. The minimum Gasteiger partial charge on any atom is -0.485 e. The van der Waals surface area contributed by atoms with Crippen LogP contribution in [0.15, 0.2) is 24.5 Å². The molecule has 2 aromatic rings. The summed E-state index contributed by atoms with van der Waals surface area (Å²) in [4.78, 5) is 4.29. The van der Waals surface area contributed by atoms with E-state index in [9.17, 15) is 0 Å². The van der Waals surface area contributed by atoms with Crippen molar-refractivity contribution in [3.05, 3.63) is 41.5 Å². The monoisotopic (exact) mass is 286 g/mol. The van der Waals surface area contributed by atoms with Gasteiger partial charge in [-0.15, -0.1) is 0 Å². The summed E-state index contributed by atoms with van der Waals surface area (Å²) < 4.78 is 7.93. The van der Waals surface area contributed by atoms with E-state index in [1.807, 2.05) is 17.8 Å². The number of benzene rings is 1. The molecule has 0 spiro atoms. The molecule has 5 heteroatoms. The third-order valence-electron chi connectivity index (χ3n) is 4.07. The van der Waals surface area contributed by atoms with Crippen molar-refractivity contribution in [2.24, 2.45) is 0 Å². The van der Waals surface area contributed by atoms with Gasteiger partial charge in [0.1, 0.15) is 18.7 Å². The SMILES string of the molecule is CNC1CCc2c(OCc3ncnn3C(C)C)cccc21. The van der Waals surface area contributed by atoms with E-state index in [0.717, 1.165) is 24.4 Å². The van der Waals surface area contributed by atoms with Gasteiger partial charge in [0.25, 0.3) is 0 Å². The summed E-state index contributed by atoms with van der Waals surface area (Å²) in [6.45, 7) is 4.64. The van der Waals surface area contributed by atoms with Gasteiger partial charge >= 0.3 is 0 Å². The van der Waals surface area contributed by atoms with Crippen LogP contribution in [-0.2, 0) is 13.0 Å². The van der Waals surface area contributed by atoms with E-state index >= 15 is 0 Å². The lowest BCUT2D eigenvalue weighted by Crippen LogP contribution is -2.13. The molecule has 0 saturated heterocycles. The predicted molar refractivity (Wildman–Crippen MR) is 81.3 cm³/mol. The lowest BCUT2D eigenvalue weighted by molar-refractivity contribution is 0.280. The Labute approximate surface area is 125 Å². The molecule has 1 N–H and O–H groups in total. The number of hydrogen-bond donors (Lipinski definition) is 1. The molecule has 3 rings (SSSR count). The summed E-state index contributed by atoms with van der Waals surface area (Å²) in [5.41, 5.74) is 2.69. The topological polar surface area (TPSA) is 52.0 Å². The average molecular weight is 286 g/mol. The van der Waals surface area contributed by atoms with Gasteiger partial charge in [-0.25, -0.2) is 9.67 Å². The van der Waals surface area contributed by atoms with E-state index in [1.54, 1.807) is 6.33 Å². The molecular weight excluding hydrogens is 264 g/mol. The Morgan fingerprint density at radius 1 is 1.43 bits per heavy atom. The molecule has 5 nitrogen and oxygen atoms in total. The molecule has 1 heterocycles. The Morgan fingerprint density at radius 3 is 3.05 bits per heavy atom. The lowest BCUT2D eigenvalue weighted by Gasteiger charge is -2.14. The molecule has 1 atom stereocenters. The highest BCUT2D eigenvalue weighted by Crippen LogP contribution is 2.36. The molecule has 1 aliphatic carbocycles. The summed E-state index contributed by atoms with van der Waals surface area (Å²) in [6, 6.07) is 7.04. The van der Waals surface area contributed by atoms with Crippen LogP contribution < -0.4 is 10.1 Å². The number of hydrogen-bond acceptors (Lipinski definition) is 4. The fourth-order valence-electron chi connectivity index (χ4n) is 3.01. The van der Waals surface area contributed by atoms with Crippen molar-refractivity contribution < 1.29 is 4.74 Å². The predicted octanol–water partition coefficient (Wildman–Crippen LogP) is 2.64. The fraction of sp³-hybridized carbons (Fsp3) is 0.500. The van der Waals surface area contributed by atoms with Gasteiger partial charge in [-0.05, 0) is 50.9 Å². The van der Waals surface area contributed by atoms with Crippen LogP contribution in [0, 0.1) is 0 Å². The van der Waals surface area contributed by atoms with Crippen molar-refractivity contribution in [2.75, 3.05) is 7.05 Å². The van der Waals surface area contributed by atoms with Crippen LogP contribution >= 0.6 is 0 Å². The molecule has 1 aromatic heterocycles. The van der Waals surface area contributed by atoms with E-state index < -0.39 is 0 Å². The third-order valence-corrected chi connectivity index (χ3v) is 4.07. The molecule has 0 bridgehead atoms. The highest BCUT2D eigenvalue weighted by Gasteiger charge is 2.24. The standard InChI is InChI=1S/C16H22N4O/c1-11(2)20-16(18-10-19-20)9-21-15-6-4-5-12-13(15)7-8-14(12)17-3/h4-6,10-11,14,17H,7-9H2,1-3H3. The Balaban J connectivity index is 1.78. The van der Waals surface area contributed by atoms with Gasteiger partial charge in [-0.2, -0.15) is 5.10 Å². The molecule has 0 radical (unpaired) electrons. The Hall–Kier alpha value is -1.88. The van der Waals surface area contributed by atoms with E-state index in [-0.39, 0.29) is 0 Å². The highest BCUT2D eigenvalue weighted by molar-refractivity contribution is 5.45. The Morgan fingerprint density at radius 2 is 2.29 bits per heavy atom. The first kappa shape index (κ1) is 14.1. The van der Waals surface area contributed by atoms with Crippen LogP contribution in [0.25, 0.3) is 0 Å². The van der Waals surface area contributed by atoms with Crippen molar-refractivity contribution in [1.29, 1.82) is 0 Å². The number of fused-ring (bicyclic) bond motifs is 1. The second-order valence-corrected chi connectivity index (χ2v) is 5.71. The third kappa shape index (κ3) is 2.65. The van der Waals surface area contributed by atoms with Gasteiger partial charge in [-0.1, -0.05) is 12.1 Å². The Kier molecular flexibility index (Phi) is 3.92. The maximum atomic E-state index is 6.03. The zero-order valence-electron chi connectivity index (χ0n) is 12.8. The van der Waals surface area contributed by atoms with Crippen molar-refractivity contribution in [3.63, 3.8) is 0 Å². The first-order valence-corrected chi connectivity index (χ1v) is 7.51. The minimum atomic E-state index is 0.293. The second kappa shape index (κ2) is 5.85. The molecule has 21 heavy (non-hydrogen) atoms. The normalized spacial score (nSPS) is 17.2. The highest BCUT2D eigenvalue weighted by atomic mass is 16.5. The molecule has 1 aliphatic rings. The zero-order valence-corrected chi connectivity index (χ0v) is 12.8. The molecule has 0 saturated carbocycles. The fourth-order valence-corrected chi connectivity index (χ4v) is 3.01. The van der Waals surface area contributed by atoms with E-state index in [0.29, 0.717) is 18.7 Å². The molecule has 0 aliphatic heterocycles. The van der Waals surface area contributed by atoms with Crippen molar-refractivity contribution in [2.45, 2.75) is 45.4 Å². The maximum Gasteiger partial charge on any atom is 0.165 e.